The maximum Gasteiger partial charge on any atom is 0.226 e. The van der Waals surface area contributed by atoms with E-state index in [9.17, 15) is 14.0 Å². The van der Waals surface area contributed by atoms with Crippen LogP contribution in [0.15, 0.2) is 48.8 Å². The van der Waals surface area contributed by atoms with Crippen LogP contribution < -0.4 is 10.6 Å². The number of para-hydroxylation sites is 2. The molecular weight excluding hydrogens is 323 g/mol. The number of aryl methyl sites for hydroxylation is 1. The van der Waals surface area contributed by atoms with E-state index in [1.807, 2.05) is 28.8 Å². The van der Waals surface area contributed by atoms with Gasteiger partial charge in [0.2, 0.25) is 11.8 Å². The van der Waals surface area contributed by atoms with Crippen molar-refractivity contribution >= 4 is 34.2 Å². The van der Waals surface area contributed by atoms with Crippen LogP contribution in [-0.4, -0.2) is 21.4 Å². The number of carbonyl (C=O) groups excluding carboxylic acids is 2. The molecule has 1 aromatic heterocycles. The Morgan fingerprint density at radius 3 is 2.76 bits per heavy atom. The first-order valence-electron chi connectivity index (χ1n) is 7.80. The lowest BCUT2D eigenvalue weighted by Gasteiger charge is -2.09. The molecule has 0 aliphatic heterocycles. The Hall–Kier alpha value is -3.22. The van der Waals surface area contributed by atoms with E-state index in [1.54, 1.807) is 6.33 Å². The van der Waals surface area contributed by atoms with Gasteiger partial charge in [0.15, 0.2) is 0 Å². The van der Waals surface area contributed by atoms with Crippen molar-refractivity contribution in [1.29, 1.82) is 0 Å². The van der Waals surface area contributed by atoms with E-state index in [1.165, 1.54) is 25.1 Å². The highest BCUT2D eigenvalue weighted by Gasteiger charge is 2.09. The van der Waals surface area contributed by atoms with Gasteiger partial charge in [0.05, 0.1) is 23.0 Å². The van der Waals surface area contributed by atoms with Crippen LogP contribution in [0.25, 0.3) is 11.0 Å². The van der Waals surface area contributed by atoms with Gasteiger partial charge in [-0.3, -0.25) is 9.59 Å². The summed E-state index contributed by atoms with van der Waals surface area (Å²) in [6, 6.07) is 11.7. The molecule has 3 rings (SSSR count). The number of amides is 2. The number of fused-ring (bicyclic) bond motifs is 1. The third-order valence-corrected chi connectivity index (χ3v) is 3.67. The number of anilines is 2. The second-order valence-electron chi connectivity index (χ2n) is 5.60. The van der Waals surface area contributed by atoms with Crippen molar-refractivity contribution in [3.8, 4) is 0 Å². The molecule has 0 atom stereocenters. The van der Waals surface area contributed by atoms with E-state index in [-0.39, 0.29) is 23.9 Å². The average Bonchev–Trinajstić information content (AvgIpc) is 2.99. The summed E-state index contributed by atoms with van der Waals surface area (Å²) in [5, 5.41) is 5.09. The van der Waals surface area contributed by atoms with E-state index < -0.39 is 5.82 Å². The molecule has 7 heteroatoms. The van der Waals surface area contributed by atoms with Gasteiger partial charge in [0.1, 0.15) is 5.82 Å². The van der Waals surface area contributed by atoms with Gasteiger partial charge in [-0.2, -0.15) is 0 Å². The topological polar surface area (TPSA) is 76.0 Å². The van der Waals surface area contributed by atoms with Crippen molar-refractivity contribution in [3.63, 3.8) is 0 Å². The highest BCUT2D eigenvalue weighted by atomic mass is 19.1. The molecule has 0 aliphatic rings. The third kappa shape index (κ3) is 4.00. The van der Waals surface area contributed by atoms with Crippen LogP contribution in [0.4, 0.5) is 15.8 Å². The lowest BCUT2D eigenvalue weighted by Crippen LogP contribution is -2.15. The molecule has 0 aliphatic carbocycles. The van der Waals surface area contributed by atoms with Gasteiger partial charge < -0.3 is 15.2 Å². The van der Waals surface area contributed by atoms with Crippen molar-refractivity contribution < 1.29 is 14.0 Å². The maximum absolute atomic E-state index is 13.6. The molecule has 2 aromatic carbocycles. The highest BCUT2D eigenvalue weighted by molar-refractivity contribution is 5.93. The van der Waals surface area contributed by atoms with E-state index in [0.29, 0.717) is 12.2 Å². The quantitative estimate of drug-likeness (QED) is 0.749. The molecule has 2 N–H and O–H groups in total. The molecule has 0 saturated heterocycles. The van der Waals surface area contributed by atoms with Crippen LogP contribution in [0.5, 0.6) is 0 Å². The standard InChI is InChI=1S/C18H17FN4O2/c1-12(24)21-16-10-13(6-7-14(16)19)22-18(25)8-9-23-11-20-15-4-2-3-5-17(15)23/h2-7,10-11H,8-9H2,1H3,(H,21,24)(H,22,25). The molecule has 6 nitrogen and oxygen atoms in total. The monoisotopic (exact) mass is 340 g/mol. The second kappa shape index (κ2) is 7.12. The van der Waals surface area contributed by atoms with Crippen LogP contribution in [0.1, 0.15) is 13.3 Å². The molecule has 25 heavy (non-hydrogen) atoms. The number of nitrogens with zero attached hydrogens (tertiary/aromatic N) is 2. The fraction of sp³-hybridized carbons (Fsp3) is 0.167. The van der Waals surface area contributed by atoms with Crippen molar-refractivity contribution in [2.24, 2.45) is 0 Å². The summed E-state index contributed by atoms with van der Waals surface area (Å²) in [4.78, 5) is 27.5. The fourth-order valence-electron chi connectivity index (χ4n) is 2.52. The van der Waals surface area contributed by atoms with Gasteiger partial charge in [-0.1, -0.05) is 12.1 Å². The Bertz CT molecular complexity index is 936. The van der Waals surface area contributed by atoms with Gasteiger partial charge in [-0.05, 0) is 30.3 Å². The summed E-state index contributed by atoms with van der Waals surface area (Å²) in [5.41, 5.74) is 2.29. The number of benzene rings is 2. The largest absolute Gasteiger partial charge is 0.330 e. The number of hydrogen-bond acceptors (Lipinski definition) is 3. The Morgan fingerprint density at radius 1 is 1.16 bits per heavy atom. The molecular formula is C18H17FN4O2. The van der Waals surface area contributed by atoms with Crippen LogP contribution >= 0.6 is 0 Å². The summed E-state index contributed by atoms with van der Waals surface area (Å²) >= 11 is 0. The molecule has 0 spiro atoms. The Labute approximate surface area is 143 Å². The van der Waals surface area contributed by atoms with E-state index >= 15 is 0 Å². The number of halogens is 1. The molecule has 1 heterocycles. The smallest absolute Gasteiger partial charge is 0.226 e. The number of hydrogen-bond donors (Lipinski definition) is 2. The minimum Gasteiger partial charge on any atom is -0.330 e. The Balaban J connectivity index is 1.64. The normalized spacial score (nSPS) is 10.6. The minimum absolute atomic E-state index is 0.0332. The van der Waals surface area contributed by atoms with Crippen molar-refractivity contribution in [3.05, 3.63) is 54.6 Å². The number of nitrogens with one attached hydrogen (secondary N) is 2. The fourth-order valence-corrected chi connectivity index (χ4v) is 2.52. The molecule has 128 valence electrons. The molecule has 2 amide bonds. The molecule has 0 unspecified atom stereocenters. The van der Waals surface area contributed by atoms with Gasteiger partial charge in [-0.25, -0.2) is 9.37 Å². The van der Waals surface area contributed by atoms with Gasteiger partial charge in [0, 0.05) is 25.6 Å². The zero-order valence-electron chi connectivity index (χ0n) is 13.6. The summed E-state index contributed by atoms with van der Waals surface area (Å²) in [6.45, 7) is 1.77. The molecule has 0 fully saturated rings. The third-order valence-electron chi connectivity index (χ3n) is 3.67. The van der Waals surface area contributed by atoms with Crippen LogP contribution in [0.2, 0.25) is 0 Å². The predicted molar refractivity (Wildman–Crippen MR) is 93.7 cm³/mol. The zero-order chi connectivity index (χ0) is 17.8. The van der Waals surface area contributed by atoms with E-state index in [4.69, 9.17) is 0 Å². The van der Waals surface area contributed by atoms with Crippen LogP contribution in [0, 0.1) is 5.82 Å². The first-order valence-corrected chi connectivity index (χ1v) is 7.80. The SMILES string of the molecule is CC(=O)Nc1cc(NC(=O)CCn2cnc3ccccc32)ccc1F. The van der Waals surface area contributed by atoms with Gasteiger partial charge in [0.25, 0.3) is 0 Å². The van der Waals surface area contributed by atoms with Gasteiger partial charge >= 0.3 is 0 Å². The maximum atomic E-state index is 13.6. The zero-order valence-corrected chi connectivity index (χ0v) is 13.6. The Morgan fingerprint density at radius 2 is 1.96 bits per heavy atom. The first-order chi connectivity index (χ1) is 12.0. The highest BCUT2D eigenvalue weighted by Crippen LogP contribution is 2.20. The Kier molecular flexibility index (Phi) is 4.74. The molecule has 0 bridgehead atoms. The van der Waals surface area contributed by atoms with Crippen LogP contribution in [0.3, 0.4) is 0 Å². The number of carbonyl (C=O) groups is 2. The molecule has 0 radical (unpaired) electrons. The lowest BCUT2D eigenvalue weighted by molar-refractivity contribution is -0.116. The van der Waals surface area contributed by atoms with Gasteiger partial charge in [-0.15, -0.1) is 0 Å². The summed E-state index contributed by atoms with van der Waals surface area (Å²) < 4.78 is 15.5. The lowest BCUT2D eigenvalue weighted by atomic mass is 10.2. The van der Waals surface area contributed by atoms with E-state index in [0.717, 1.165) is 11.0 Å². The number of imidazole rings is 1. The minimum atomic E-state index is -0.557. The molecule has 3 aromatic rings. The van der Waals surface area contributed by atoms with E-state index in [2.05, 4.69) is 15.6 Å². The van der Waals surface area contributed by atoms with Crippen molar-refractivity contribution in [2.75, 3.05) is 10.6 Å². The summed E-state index contributed by atoms with van der Waals surface area (Å²) in [6.07, 6.45) is 1.94. The number of aromatic nitrogens is 2. The summed E-state index contributed by atoms with van der Waals surface area (Å²) in [5.74, 6) is -1.15. The van der Waals surface area contributed by atoms with Crippen molar-refractivity contribution in [2.45, 2.75) is 19.9 Å². The molecule has 0 saturated carbocycles. The van der Waals surface area contributed by atoms with Crippen molar-refractivity contribution in [1.82, 2.24) is 9.55 Å². The first kappa shape index (κ1) is 16.6. The van der Waals surface area contributed by atoms with Crippen LogP contribution in [-0.2, 0) is 16.1 Å². The number of rotatable bonds is 5. The predicted octanol–water partition coefficient (Wildman–Crippen LogP) is 3.16. The second-order valence-corrected chi connectivity index (χ2v) is 5.60. The average molecular weight is 340 g/mol. The summed E-state index contributed by atoms with van der Waals surface area (Å²) in [7, 11) is 0.